The molecule has 0 fully saturated rings. The Kier molecular flexibility index (Phi) is 5.22. The molecule has 134 valence electrons. The van der Waals surface area contributed by atoms with E-state index in [4.69, 9.17) is 9.47 Å². The molecule has 0 spiro atoms. The average Bonchev–Trinajstić information content (AvgIpc) is 3.07. The number of nitrogens with zero attached hydrogens (tertiary/aromatic N) is 2. The van der Waals surface area contributed by atoms with Crippen LogP contribution in [0.3, 0.4) is 0 Å². The maximum atomic E-state index is 11.7. The molecule has 0 aliphatic heterocycles. The number of H-pyrrole nitrogens is 1. The average molecular weight is 351 g/mol. The third kappa shape index (κ3) is 3.85. The van der Waals surface area contributed by atoms with Crippen molar-refractivity contribution in [2.24, 2.45) is 0 Å². The molecule has 0 saturated heterocycles. The van der Waals surface area contributed by atoms with Gasteiger partial charge in [-0.05, 0) is 29.8 Å². The number of para-hydroxylation sites is 1. The molecule has 1 amide bonds. The summed E-state index contributed by atoms with van der Waals surface area (Å²) in [6, 6.07) is 13.5. The third-order valence-corrected chi connectivity index (χ3v) is 3.97. The number of nitrogens with one attached hydrogen (secondary N) is 1. The van der Waals surface area contributed by atoms with Gasteiger partial charge < -0.3 is 14.4 Å². The minimum Gasteiger partial charge on any atom is -0.493 e. The number of aromatic amines is 1. The first kappa shape index (κ1) is 17.5. The molecule has 6 heteroatoms. The Balaban J connectivity index is 1.77. The summed E-state index contributed by atoms with van der Waals surface area (Å²) in [5.41, 5.74) is 2.82. The van der Waals surface area contributed by atoms with Crippen LogP contribution in [0.1, 0.15) is 11.3 Å². The van der Waals surface area contributed by atoms with Crippen molar-refractivity contribution in [1.29, 1.82) is 0 Å². The van der Waals surface area contributed by atoms with Crippen molar-refractivity contribution in [3.63, 3.8) is 0 Å². The van der Waals surface area contributed by atoms with Crippen LogP contribution in [0, 0.1) is 0 Å². The van der Waals surface area contributed by atoms with E-state index in [9.17, 15) is 4.79 Å². The van der Waals surface area contributed by atoms with Crippen molar-refractivity contribution in [2.45, 2.75) is 0 Å². The highest BCUT2D eigenvalue weighted by molar-refractivity contribution is 5.89. The molecule has 1 N–H and O–H groups in total. The number of aromatic nitrogens is 2. The highest BCUT2D eigenvalue weighted by Gasteiger charge is 2.09. The lowest BCUT2D eigenvalue weighted by Crippen LogP contribution is -2.27. The molecule has 2 aromatic carbocycles. The number of methoxy groups -OCH3 is 1. The number of benzene rings is 2. The Labute approximate surface area is 152 Å². The van der Waals surface area contributed by atoms with Gasteiger partial charge in [-0.1, -0.05) is 30.3 Å². The monoisotopic (exact) mass is 351 g/mol. The van der Waals surface area contributed by atoms with Gasteiger partial charge in [-0.2, -0.15) is 5.10 Å². The van der Waals surface area contributed by atoms with Crippen molar-refractivity contribution in [3.8, 4) is 11.5 Å². The van der Waals surface area contributed by atoms with Crippen LogP contribution in [0.4, 0.5) is 0 Å². The molecule has 1 aromatic heterocycles. The van der Waals surface area contributed by atoms with Gasteiger partial charge in [0.25, 0.3) is 5.91 Å². The zero-order valence-electron chi connectivity index (χ0n) is 15.0. The molecular weight excluding hydrogens is 330 g/mol. The fourth-order valence-corrected chi connectivity index (χ4v) is 2.46. The maximum Gasteiger partial charge on any atom is 0.259 e. The smallest absolute Gasteiger partial charge is 0.259 e. The van der Waals surface area contributed by atoms with Crippen LogP contribution in [0.2, 0.25) is 0 Å². The van der Waals surface area contributed by atoms with Crippen LogP contribution < -0.4 is 9.47 Å². The SMILES string of the molecule is COc1cc(C=Cc2n[nH]c3ccccc23)ccc1OCC(=O)N(C)C. The van der Waals surface area contributed by atoms with Crippen molar-refractivity contribution in [1.82, 2.24) is 15.1 Å². The van der Waals surface area contributed by atoms with E-state index in [0.717, 1.165) is 22.2 Å². The molecule has 0 atom stereocenters. The standard InChI is InChI=1S/C20H21N3O3/c1-23(2)20(24)13-26-18-11-9-14(12-19(18)25-3)8-10-17-15-6-4-5-7-16(15)21-22-17/h4-12H,13H2,1-3H3,(H,21,22). The highest BCUT2D eigenvalue weighted by atomic mass is 16.5. The maximum absolute atomic E-state index is 11.7. The minimum absolute atomic E-state index is 0.0300. The molecular formula is C20H21N3O3. The van der Waals surface area contributed by atoms with E-state index in [0.29, 0.717) is 11.5 Å². The van der Waals surface area contributed by atoms with Crippen molar-refractivity contribution < 1.29 is 14.3 Å². The van der Waals surface area contributed by atoms with Crippen LogP contribution in [0.25, 0.3) is 23.1 Å². The fourth-order valence-electron chi connectivity index (χ4n) is 2.46. The Hall–Kier alpha value is -3.28. The van der Waals surface area contributed by atoms with Gasteiger partial charge >= 0.3 is 0 Å². The van der Waals surface area contributed by atoms with Gasteiger partial charge in [-0.25, -0.2) is 0 Å². The molecule has 1 heterocycles. The van der Waals surface area contributed by atoms with Crippen molar-refractivity contribution >= 4 is 29.0 Å². The number of hydrogen-bond donors (Lipinski definition) is 1. The second kappa shape index (κ2) is 7.74. The zero-order valence-corrected chi connectivity index (χ0v) is 15.0. The van der Waals surface area contributed by atoms with Gasteiger partial charge in [-0.3, -0.25) is 9.89 Å². The normalized spacial score (nSPS) is 11.0. The van der Waals surface area contributed by atoms with E-state index in [1.165, 1.54) is 4.90 Å². The number of ether oxygens (including phenoxy) is 2. The molecule has 0 unspecified atom stereocenters. The van der Waals surface area contributed by atoms with E-state index in [1.807, 2.05) is 48.6 Å². The third-order valence-electron chi connectivity index (χ3n) is 3.97. The molecule has 26 heavy (non-hydrogen) atoms. The summed E-state index contributed by atoms with van der Waals surface area (Å²) in [4.78, 5) is 13.1. The first-order chi connectivity index (χ1) is 12.6. The predicted octanol–water partition coefficient (Wildman–Crippen LogP) is 3.21. The summed E-state index contributed by atoms with van der Waals surface area (Å²) in [6.45, 7) is -0.0300. The van der Waals surface area contributed by atoms with Crippen LogP contribution in [0.5, 0.6) is 11.5 Å². The Morgan fingerprint density at radius 3 is 2.73 bits per heavy atom. The van der Waals surface area contributed by atoms with E-state index in [1.54, 1.807) is 27.3 Å². The number of hydrogen-bond acceptors (Lipinski definition) is 4. The zero-order chi connectivity index (χ0) is 18.5. The van der Waals surface area contributed by atoms with E-state index < -0.39 is 0 Å². The molecule has 0 radical (unpaired) electrons. The van der Waals surface area contributed by atoms with Gasteiger partial charge in [-0.15, -0.1) is 0 Å². The van der Waals surface area contributed by atoms with Gasteiger partial charge in [0.2, 0.25) is 0 Å². The molecule has 3 rings (SSSR count). The second-order valence-corrected chi connectivity index (χ2v) is 5.97. The number of amides is 1. The summed E-state index contributed by atoms with van der Waals surface area (Å²) >= 11 is 0. The quantitative estimate of drug-likeness (QED) is 0.740. The lowest BCUT2D eigenvalue weighted by Gasteiger charge is -2.13. The molecule has 6 nitrogen and oxygen atoms in total. The summed E-state index contributed by atoms with van der Waals surface area (Å²) in [6.07, 6.45) is 3.91. The molecule has 0 bridgehead atoms. The van der Waals surface area contributed by atoms with Crippen LogP contribution in [0.15, 0.2) is 42.5 Å². The molecule has 0 aliphatic carbocycles. The van der Waals surface area contributed by atoms with E-state index >= 15 is 0 Å². The van der Waals surface area contributed by atoms with Gasteiger partial charge in [0, 0.05) is 19.5 Å². The first-order valence-electron chi connectivity index (χ1n) is 8.20. The fraction of sp³-hybridized carbons (Fsp3) is 0.200. The summed E-state index contributed by atoms with van der Waals surface area (Å²) in [7, 11) is 4.95. The molecule has 3 aromatic rings. The largest absolute Gasteiger partial charge is 0.493 e. The summed E-state index contributed by atoms with van der Waals surface area (Å²) in [5.74, 6) is 0.997. The van der Waals surface area contributed by atoms with Gasteiger partial charge in [0.1, 0.15) is 0 Å². The highest BCUT2D eigenvalue weighted by Crippen LogP contribution is 2.29. The number of rotatable bonds is 6. The number of fused-ring (bicyclic) bond motifs is 1. The summed E-state index contributed by atoms with van der Waals surface area (Å²) in [5, 5.41) is 8.40. The van der Waals surface area contributed by atoms with Crippen LogP contribution in [-0.4, -0.2) is 48.8 Å². The Morgan fingerprint density at radius 2 is 1.96 bits per heavy atom. The number of carbonyl (C=O) groups is 1. The number of carbonyl (C=O) groups excluding carboxylic acids is 1. The van der Waals surface area contributed by atoms with Crippen LogP contribution in [-0.2, 0) is 4.79 Å². The lowest BCUT2D eigenvalue weighted by molar-refractivity contribution is -0.130. The predicted molar refractivity (Wildman–Crippen MR) is 102 cm³/mol. The van der Waals surface area contributed by atoms with E-state index in [-0.39, 0.29) is 12.5 Å². The first-order valence-corrected chi connectivity index (χ1v) is 8.20. The summed E-state index contributed by atoms with van der Waals surface area (Å²) < 4.78 is 10.9. The van der Waals surface area contributed by atoms with Crippen molar-refractivity contribution in [2.75, 3.05) is 27.8 Å². The Bertz CT molecular complexity index is 944. The molecule has 0 aliphatic rings. The van der Waals surface area contributed by atoms with Crippen molar-refractivity contribution in [3.05, 3.63) is 53.7 Å². The lowest BCUT2D eigenvalue weighted by atomic mass is 10.1. The van der Waals surface area contributed by atoms with Gasteiger partial charge in [0.15, 0.2) is 18.1 Å². The van der Waals surface area contributed by atoms with Crippen LogP contribution >= 0.6 is 0 Å². The van der Waals surface area contributed by atoms with Gasteiger partial charge in [0.05, 0.1) is 18.3 Å². The minimum atomic E-state index is -0.110. The Morgan fingerprint density at radius 1 is 1.15 bits per heavy atom. The second-order valence-electron chi connectivity index (χ2n) is 5.97. The topological polar surface area (TPSA) is 67.5 Å². The number of likely N-dealkylation sites (N-methyl/N-ethyl adjacent to an activating group) is 1. The molecule has 0 saturated carbocycles. The van der Waals surface area contributed by atoms with E-state index in [2.05, 4.69) is 10.2 Å².